The van der Waals surface area contributed by atoms with E-state index < -0.39 is 0 Å². The highest BCUT2D eigenvalue weighted by atomic mass is 16.5. The Morgan fingerprint density at radius 2 is 2.31 bits per heavy atom. The molecule has 0 aromatic rings. The third kappa shape index (κ3) is 3.74. The van der Waals surface area contributed by atoms with Gasteiger partial charge in [0.25, 0.3) is 0 Å². The maximum Gasteiger partial charge on any atom is 0.222 e. The second-order valence-electron chi connectivity index (χ2n) is 3.34. The Hall–Kier alpha value is -0.610. The number of carbonyl (C=O) groups excluding carboxylic acids is 1. The molecule has 1 amide bonds. The van der Waals surface area contributed by atoms with Gasteiger partial charge in [-0.2, -0.15) is 0 Å². The summed E-state index contributed by atoms with van der Waals surface area (Å²) in [5.74, 6) is 0.0188. The monoisotopic (exact) mass is 187 g/mol. The summed E-state index contributed by atoms with van der Waals surface area (Å²) in [6, 6.07) is 0.184. The van der Waals surface area contributed by atoms with Crippen molar-refractivity contribution in [3.05, 3.63) is 0 Å². The van der Waals surface area contributed by atoms with Crippen LogP contribution >= 0.6 is 0 Å². The van der Waals surface area contributed by atoms with E-state index in [1.165, 1.54) is 0 Å². The molecule has 0 aliphatic heterocycles. The van der Waals surface area contributed by atoms with Gasteiger partial charge in [0.2, 0.25) is 5.91 Å². The summed E-state index contributed by atoms with van der Waals surface area (Å²) < 4.78 is 5.05. The number of ether oxygens (including phenoxy) is 1. The number of nitrogens with one attached hydrogen (secondary N) is 1. The van der Waals surface area contributed by atoms with Gasteiger partial charge in [0.1, 0.15) is 0 Å². The molecular weight excluding hydrogens is 170 g/mol. The lowest BCUT2D eigenvalue weighted by Crippen LogP contribution is -2.46. The molecule has 4 heteroatoms. The van der Waals surface area contributed by atoms with Gasteiger partial charge in [-0.1, -0.05) is 0 Å². The molecule has 1 rings (SSSR count). The number of carbonyl (C=O) groups is 1. The minimum absolute atomic E-state index is 0.0188. The molecule has 4 nitrogen and oxygen atoms in total. The van der Waals surface area contributed by atoms with Crippen molar-refractivity contribution in [1.82, 2.24) is 5.32 Å². The fraction of sp³-hybridized carbons (Fsp3) is 0.889. The minimum Gasteiger partial charge on any atom is -0.393 e. The first kappa shape index (κ1) is 10.5. The third-order valence-corrected chi connectivity index (χ3v) is 2.16. The van der Waals surface area contributed by atoms with E-state index in [2.05, 4.69) is 5.32 Å². The molecule has 0 unspecified atom stereocenters. The van der Waals surface area contributed by atoms with E-state index in [9.17, 15) is 4.79 Å². The lowest BCUT2D eigenvalue weighted by atomic mass is 9.89. The zero-order chi connectivity index (χ0) is 9.68. The van der Waals surface area contributed by atoms with Gasteiger partial charge in [-0.05, 0) is 19.8 Å². The highest BCUT2D eigenvalue weighted by Gasteiger charge is 2.27. The Morgan fingerprint density at radius 3 is 2.85 bits per heavy atom. The zero-order valence-corrected chi connectivity index (χ0v) is 7.95. The molecule has 1 aliphatic carbocycles. The second-order valence-corrected chi connectivity index (χ2v) is 3.34. The smallest absolute Gasteiger partial charge is 0.222 e. The van der Waals surface area contributed by atoms with Crippen molar-refractivity contribution in [3.63, 3.8) is 0 Å². The first-order valence-electron chi connectivity index (χ1n) is 4.77. The van der Waals surface area contributed by atoms with Crippen LogP contribution in [-0.4, -0.2) is 36.4 Å². The first-order chi connectivity index (χ1) is 6.22. The van der Waals surface area contributed by atoms with Crippen LogP contribution in [0.1, 0.15) is 26.2 Å². The van der Waals surface area contributed by atoms with E-state index in [1.807, 2.05) is 6.92 Å². The minimum atomic E-state index is -0.211. The van der Waals surface area contributed by atoms with E-state index in [0.717, 1.165) is 0 Å². The Morgan fingerprint density at radius 1 is 1.62 bits per heavy atom. The third-order valence-electron chi connectivity index (χ3n) is 2.16. The van der Waals surface area contributed by atoms with Gasteiger partial charge in [-0.3, -0.25) is 4.79 Å². The number of hydrogen-bond donors (Lipinski definition) is 2. The van der Waals surface area contributed by atoms with Crippen LogP contribution in [0.15, 0.2) is 0 Å². The summed E-state index contributed by atoms with van der Waals surface area (Å²) in [5.41, 5.74) is 0. The van der Waals surface area contributed by atoms with Gasteiger partial charge in [0.15, 0.2) is 0 Å². The highest BCUT2D eigenvalue weighted by Crippen LogP contribution is 2.19. The van der Waals surface area contributed by atoms with E-state index in [0.29, 0.717) is 32.5 Å². The number of aliphatic hydroxyl groups excluding tert-OH is 1. The number of hydrogen-bond acceptors (Lipinski definition) is 3. The summed E-state index contributed by atoms with van der Waals surface area (Å²) in [6.45, 7) is 3.03. The summed E-state index contributed by atoms with van der Waals surface area (Å²) in [4.78, 5) is 11.2. The Kier molecular flexibility index (Phi) is 4.18. The second kappa shape index (κ2) is 5.19. The Balaban J connectivity index is 1.98. The van der Waals surface area contributed by atoms with Gasteiger partial charge in [-0.25, -0.2) is 0 Å². The fourth-order valence-electron chi connectivity index (χ4n) is 1.31. The van der Waals surface area contributed by atoms with E-state index >= 15 is 0 Å². The molecule has 0 aromatic carbocycles. The van der Waals surface area contributed by atoms with Crippen LogP contribution in [0.4, 0.5) is 0 Å². The van der Waals surface area contributed by atoms with Gasteiger partial charge in [-0.15, -0.1) is 0 Å². The molecule has 0 atom stereocenters. The molecule has 0 heterocycles. The van der Waals surface area contributed by atoms with Crippen molar-refractivity contribution in [2.75, 3.05) is 13.2 Å². The lowest BCUT2D eigenvalue weighted by molar-refractivity contribution is -0.124. The molecule has 0 spiro atoms. The van der Waals surface area contributed by atoms with Crippen LogP contribution in [0.25, 0.3) is 0 Å². The lowest BCUT2D eigenvalue weighted by Gasteiger charge is -2.31. The van der Waals surface area contributed by atoms with Gasteiger partial charge >= 0.3 is 0 Å². The normalized spacial score (nSPS) is 26.6. The predicted molar refractivity (Wildman–Crippen MR) is 48.3 cm³/mol. The van der Waals surface area contributed by atoms with Crippen molar-refractivity contribution < 1.29 is 14.6 Å². The standard InChI is InChI=1S/C9H17NO3/c1-2-13-4-3-9(12)10-7-5-8(11)6-7/h7-8,11H,2-6H2,1H3,(H,10,12). The molecule has 1 saturated carbocycles. The van der Waals surface area contributed by atoms with Crippen LogP contribution in [-0.2, 0) is 9.53 Å². The van der Waals surface area contributed by atoms with Crippen molar-refractivity contribution >= 4 is 5.91 Å². The zero-order valence-electron chi connectivity index (χ0n) is 7.95. The first-order valence-corrected chi connectivity index (χ1v) is 4.77. The van der Waals surface area contributed by atoms with Crippen molar-refractivity contribution in [2.24, 2.45) is 0 Å². The highest BCUT2D eigenvalue weighted by molar-refractivity contribution is 5.76. The quantitative estimate of drug-likeness (QED) is 0.598. The number of amides is 1. The van der Waals surface area contributed by atoms with Gasteiger partial charge in [0.05, 0.1) is 12.7 Å². The Bertz CT molecular complexity index is 166. The van der Waals surface area contributed by atoms with E-state index in [4.69, 9.17) is 9.84 Å². The number of aliphatic hydroxyl groups is 1. The van der Waals surface area contributed by atoms with Crippen molar-refractivity contribution in [1.29, 1.82) is 0 Å². The molecule has 2 N–H and O–H groups in total. The molecular formula is C9H17NO3. The summed E-state index contributed by atoms with van der Waals surface area (Å²) >= 11 is 0. The topological polar surface area (TPSA) is 58.6 Å². The molecule has 1 aliphatic rings. The largest absolute Gasteiger partial charge is 0.393 e. The molecule has 1 fully saturated rings. The number of rotatable bonds is 5. The van der Waals surface area contributed by atoms with E-state index in [-0.39, 0.29) is 18.1 Å². The summed E-state index contributed by atoms with van der Waals surface area (Å²) in [6.07, 6.45) is 1.60. The average Bonchev–Trinajstić information content (AvgIpc) is 2.02. The van der Waals surface area contributed by atoms with Gasteiger partial charge in [0, 0.05) is 19.1 Å². The maximum atomic E-state index is 11.2. The summed E-state index contributed by atoms with van der Waals surface area (Å²) in [7, 11) is 0. The molecule has 0 saturated heterocycles. The SMILES string of the molecule is CCOCCC(=O)NC1CC(O)C1. The predicted octanol–water partition coefficient (Wildman–Crippen LogP) is 0.0525. The summed E-state index contributed by atoms with van der Waals surface area (Å²) in [5, 5.41) is 11.8. The van der Waals surface area contributed by atoms with Crippen LogP contribution in [0, 0.1) is 0 Å². The molecule has 13 heavy (non-hydrogen) atoms. The molecule has 0 aromatic heterocycles. The Labute approximate surface area is 78.3 Å². The molecule has 0 radical (unpaired) electrons. The van der Waals surface area contributed by atoms with Crippen LogP contribution in [0.3, 0.4) is 0 Å². The maximum absolute atomic E-state index is 11.2. The van der Waals surface area contributed by atoms with Crippen LogP contribution in [0.2, 0.25) is 0 Å². The van der Waals surface area contributed by atoms with Gasteiger partial charge < -0.3 is 15.2 Å². The fourth-order valence-corrected chi connectivity index (χ4v) is 1.31. The van der Waals surface area contributed by atoms with Crippen molar-refractivity contribution in [3.8, 4) is 0 Å². The molecule has 0 bridgehead atoms. The molecule has 76 valence electrons. The van der Waals surface area contributed by atoms with E-state index in [1.54, 1.807) is 0 Å². The van der Waals surface area contributed by atoms with Crippen LogP contribution < -0.4 is 5.32 Å². The van der Waals surface area contributed by atoms with Crippen LogP contribution in [0.5, 0.6) is 0 Å². The van der Waals surface area contributed by atoms with Crippen molar-refractivity contribution in [2.45, 2.75) is 38.3 Å². The average molecular weight is 187 g/mol.